The molecule has 8 nitrogen and oxygen atoms in total. The first-order valence-electron chi connectivity index (χ1n) is 12.0. The Hall–Kier alpha value is -3.01. The summed E-state index contributed by atoms with van der Waals surface area (Å²) in [5.74, 6) is -0.335. The second-order valence-corrected chi connectivity index (χ2v) is 9.31. The van der Waals surface area contributed by atoms with Crippen LogP contribution < -0.4 is 10.1 Å². The van der Waals surface area contributed by atoms with Gasteiger partial charge in [-0.2, -0.15) is 0 Å². The van der Waals surface area contributed by atoms with Gasteiger partial charge in [0.1, 0.15) is 24.8 Å². The highest BCUT2D eigenvalue weighted by molar-refractivity contribution is 5.99. The molecule has 3 rings (SSSR count). The molecule has 196 valence electrons. The summed E-state index contributed by atoms with van der Waals surface area (Å²) in [4.78, 5) is 29.2. The minimum atomic E-state index is -0.321. The molecule has 0 aliphatic carbocycles. The van der Waals surface area contributed by atoms with Crippen molar-refractivity contribution in [2.24, 2.45) is 5.92 Å². The second kappa shape index (κ2) is 12.8. The van der Waals surface area contributed by atoms with Crippen molar-refractivity contribution < 1.29 is 28.2 Å². The Morgan fingerprint density at radius 1 is 1.17 bits per heavy atom. The van der Waals surface area contributed by atoms with Crippen molar-refractivity contribution in [3.63, 3.8) is 0 Å². The van der Waals surface area contributed by atoms with Crippen molar-refractivity contribution in [1.82, 2.24) is 9.80 Å². The summed E-state index contributed by atoms with van der Waals surface area (Å²) in [6.07, 6.45) is -0.234. The van der Waals surface area contributed by atoms with E-state index in [-0.39, 0.29) is 48.9 Å². The number of methoxy groups -OCH3 is 2. The van der Waals surface area contributed by atoms with Crippen LogP contribution in [-0.4, -0.2) is 81.3 Å². The molecular formula is C27H36FN3O5. The largest absolute Gasteiger partial charge is 0.491 e. The molecule has 0 bridgehead atoms. The first kappa shape index (κ1) is 27.6. The van der Waals surface area contributed by atoms with Crippen LogP contribution in [0.15, 0.2) is 42.5 Å². The van der Waals surface area contributed by atoms with E-state index in [0.29, 0.717) is 42.2 Å². The zero-order valence-electron chi connectivity index (χ0n) is 21.6. The van der Waals surface area contributed by atoms with Gasteiger partial charge in [-0.05, 0) is 37.1 Å². The fourth-order valence-corrected chi connectivity index (χ4v) is 4.32. The van der Waals surface area contributed by atoms with Crippen molar-refractivity contribution in [3.8, 4) is 5.75 Å². The van der Waals surface area contributed by atoms with Gasteiger partial charge in [-0.1, -0.05) is 25.1 Å². The molecule has 0 saturated carbocycles. The Kier molecular flexibility index (Phi) is 9.81. The average molecular weight is 502 g/mol. The number of nitrogens with zero attached hydrogens (tertiary/aromatic N) is 2. The van der Waals surface area contributed by atoms with Gasteiger partial charge in [-0.3, -0.25) is 14.5 Å². The van der Waals surface area contributed by atoms with Gasteiger partial charge < -0.3 is 24.4 Å². The van der Waals surface area contributed by atoms with E-state index < -0.39 is 0 Å². The van der Waals surface area contributed by atoms with Crippen LogP contribution in [0.4, 0.5) is 10.1 Å². The third kappa shape index (κ3) is 7.02. The summed E-state index contributed by atoms with van der Waals surface area (Å²) in [5, 5.41) is 2.73. The fraction of sp³-hybridized carbons (Fsp3) is 0.481. The van der Waals surface area contributed by atoms with Gasteiger partial charge in [0.15, 0.2) is 0 Å². The van der Waals surface area contributed by atoms with E-state index in [1.807, 2.05) is 13.0 Å². The number of rotatable bonds is 6. The molecule has 36 heavy (non-hydrogen) atoms. The van der Waals surface area contributed by atoms with Crippen LogP contribution in [-0.2, 0) is 20.8 Å². The highest BCUT2D eigenvalue weighted by atomic mass is 19.1. The Bertz CT molecular complexity index is 1050. The lowest BCUT2D eigenvalue weighted by molar-refractivity contribution is -0.119. The summed E-state index contributed by atoms with van der Waals surface area (Å²) in [7, 11) is 4.79. The van der Waals surface area contributed by atoms with Crippen molar-refractivity contribution in [3.05, 3.63) is 59.4 Å². The Balaban J connectivity index is 1.93. The van der Waals surface area contributed by atoms with Crippen LogP contribution in [0.2, 0.25) is 0 Å². The number of carbonyl (C=O) groups excluding carboxylic acids is 2. The number of anilines is 1. The van der Waals surface area contributed by atoms with E-state index in [4.69, 9.17) is 14.2 Å². The van der Waals surface area contributed by atoms with Crippen molar-refractivity contribution in [2.75, 3.05) is 52.9 Å². The smallest absolute Gasteiger partial charge is 0.257 e. The van der Waals surface area contributed by atoms with Gasteiger partial charge in [0, 0.05) is 58.2 Å². The van der Waals surface area contributed by atoms with E-state index >= 15 is 0 Å². The molecule has 1 N–H and O–H groups in total. The minimum absolute atomic E-state index is 0.0537. The summed E-state index contributed by atoms with van der Waals surface area (Å²) in [6.45, 7) is 5.70. The number of likely N-dealkylation sites (N-methyl/N-ethyl adjacent to an activating group) is 1. The number of amides is 2. The van der Waals surface area contributed by atoms with Gasteiger partial charge in [0.25, 0.3) is 5.91 Å². The molecule has 1 aliphatic rings. The summed E-state index contributed by atoms with van der Waals surface area (Å²) in [6, 6.07) is 11.7. The molecule has 0 unspecified atom stereocenters. The monoisotopic (exact) mass is 501 g/mol. The van der Waals surface area contributed by atoms with Gasteiger partial charge in [-0.15, -0.1) is 0 Å². The van der Waals surface area contributed by atoms with Gasteiger partial charge in [0.05, 0.1) is 11.7 Å². The molecular weight excluding hydrogens is 465 g/mol. The maximum Gasteiger partial charge on any atom is 0.257 e. The van der Waals surface area contributed by atoms with E-state index in [0.717, 1.165) is 0 Å². The minimum Gasteiger partial charge on any atom is -0.491 e. The van der Waals surface area contributed by atoms with Gasteiger partial charge in [0.2, 0.25) is 5.91 Å². The third-order valence-electron chi connectivity index (χ3n) is 6.46. The molecule has 2 aromatic carbocycles. The number of ether oxygens (including phenoxy) is 3. The Morgan fingerprint density at radius 2 is 1.92 bits per heavy atom. The molecule has 0 saturated heterocycles. The van der Waals surface area contributed by atoms with Crippen molar-refractivity contribution >= 4 is 17.5 Å². The molecule has 0 radical (unpaired) electrons. The number of nitrogens with one attached hydrogen (secondary N) is 1. The normalized spacial score (nSPS) is 21.7. The zero-order chi connectivity index (χ0) is 26.2. The summed E-state index contributed by atoms with van der Waals surface area (Å²) >= 11 is 0. The predicted octanol–water partition coefficient (Wildman–Crippen LogP) is 3.42. The van der Waals surface area contributed by atoms with Crippen LogP contribution >= 0.6 is 0 Å². The van der Waals surface area contributed by atoms with Gasteiger partial charge >= 0.3 is 0 Å². The second-order valence-electron chi connectivity index (χ2n) is 9.31. The van der Waals surface area contributed by atoms with E-state index in [9.17, 15) is 14.0 Å². The van der Waals surface area contributed by atoms with E-state index in [1.54, 1.807) is 49.4 Å². The lowest BCUT2D eigenvalue weighted by Crippen LogP contribution is -2.46. The predicted molar refractivity (Wildman–Crippen MR) is 136 cm³/mol. The van der Waals surface area contributed by atoms with Crippen molar-refractivity contribution in [2.45, 2.75) is 32.5 Å². The first-order chi connectivity index (χ1) is 17.2. The summed E-state index contributed by atoms with van der Waals surface area (Å²) < 4.78 is 31.2. The van der Waals surface area contributed by atoms with Crippen LogP contribution in [0, 0.1) is 11.7 Å². The first-order valence-corrected chi connectivity index (χ1v) is 12.0. The van der Waals surface area contributed by atoms with Crippen LogP contribution in [0.5, 0.6) is 5.75 Å². The quantitative estimate of drug-likeness (QED) is 0.654. The molecule has 2 aromatic rings. The fourth-order valence-electron chi connectivity index (χ4n) is 4.32. The maximum absolute atomic E-state index is 14.5. The Labute approximate surface area is 212 Å². The molecule has 2 amide bonds. The molecule has 1 aliphatic heterocycles. The van der Waals surface area contributed by atoms with Crippen molar-refractivity contribution in [1.29, 1.82) is 0 Å². The highest BCUT2D eigenvalue weighted by Gasteiger charge is 2.29. The lowest BCUT2D eigenvalue weighted by Gasteiger charge is -2.36. The molecule has 0 spiro atoms. The van der Waals surface area contributed by atoms with Gasteiger partial charge in [-0.25, -0.2) is 4.39 Å². The standard InChI is InChI=1S/C27H36FN3O5/c1-18-13-31(14-20-8-6-7-9-23(20)28)19(2)16-36-24-11-10-21(29-26(32)17-34-4)12-22(24)27(33)30(3)15-25(18)35-5/h6-12,18-19,25H,13-17H2,1-5H3,(H,29,32)/t18-,19+,25+/m0/s1. The molecule has 3 atom stereocenters. The SMILES string of the molecule is COCC(=O)Nc1ccc2c(c1)C(=O)N(C)C[C@@H](OC)[C@@H](C)CN(Cc1ccccc1F)[C@H](C)CO2. The number of halogens is 1. The average Bonchev–Trinajstić information content (AvgIpc) is 2.85. The third-order valence-corrected chi connectivity index (χ3v) is 6.46. The zero-order valence-corrected chi connectivity index (χ0v) is 21.6. The Morgan fingerprint density at radius 3 is 2.61 bits per heavy atom. The topological polar surface area (TPSA) is 80.3 Å². The number of hydrogen-bond donors (Lipinski definition) is 1. The van der Waals surface area contributed by atoms with Crippen LogP contribution in [0.25, 0.3) is 0 Å². The summed E-state index contributed by atoms with van der Waals surface area (Å²) in [5.41, 5.74) is 1.42. The van der Waals surface area contributed by atoms with Crippen LogP contribution in [0.3, 0.4) is 0 Å². The molecule has 0 fully saturated rings. The van der Waals surface area contributed by atoms with E-state index in [1.165, 1.54) is 13.2 Å². The maximum atomic E-state index is 14.5. The number of fused-ring (bicyclic) bond motifs is 1. The number of hydrogen-bond acceptors (Lipinski definition) is 6. The number of benzene rings is 2. The lowest BCUT2D eigenvalue weighted by atomic mass is 10.0. The molecule has 0 aromatic heterocycles. The number of carbonyl (C=O) groups is 2. The highest BCUT2D eigenvalue weighted by Crippen LogP contribution is 2.27. The molecule has 1 heterocycles. The van der Waals surface area contributed by atoms with E-state index in [2.05, 4.69) is 17.1 Å². The van der Waals surface area contributed by atoms with Crippen LogP contribution in [0.1, 0.15) is 29.8 Å². The molecule has 9 heteroatoms.